The van der Waals surface area contributed by atoms with Crippen LogP contribution >= 0.6 is 0 Å². The number of morpholine rings is 1. The lowest BCUT2D eigenvalue weighted by Crippen LogP contribution is -2.45. The molecule has 1 fully saturated rings. The molecule has 0 saturated carbocycles. The van der Waals surface area contributed by atoms with Crippen LogP contribution in [0.4, 0.5) is 0 Å². The van der Waals surface area contributed by atoms with Crippen LogP contribution in [-0.4, -0.2) is 53.9 Å². The van der Waals surface area contributed by atoms with E-state index >= 15 is 0 Å². The van der Waals surface area contributed by atoms with E-state index in [9.17, 15) is 8.42 Å². The zero-order chi connectivity index (χ0) is 20.0. The van der Waals surface area contributed by atoms with E-state index in [0.717, 1.165) is 44.6 Å². The summed E-state index contributed by atoms with van der Waals surface area (Å²) in [6, 6.07) is 0. The van der Waals surface area contributed by atoms with E-state index in [-0.39, 0.29) is 23.1 Å². The first kappa shape index (κ1) is 22.4. The Labute approximate surface area is 165 Å². The van der Waals surface area contributed by atoms with E-state index in [2.05, 4.69) is 44.5 Å². The lowest BCUT2D eigenvalue weighted by molar-refractivity contribution is -0.0710. The third-order valence-corrected chi connectivity index (χ3v) is 6.70. The first-order chi connectivity index (χ1) is 12.7. The molecule has 0 N–H and O–H groups in total. The van der Waals surface area contributed by atoms with Crippen LogP contribution in [0.3, 0.4) is 0 Å². The first-order valence-electron chi connectivity index (χ1n) is 10.4. The van der Waals surface area contributed by atoms with Gasteiger partial charge in [0.1, 0.15) is 0 Å². The van der Waals surface area contributed by atoms with Gasteiger partial charge in [0, 0.05) is 26.2 Å². The second-order valence-electron chi connectivity index (χ2n) is 8.34. The number of unbranched alkanes of at least 4 members (excludes halogenated alkanes) is 1. The van der Waals surface area contributed by atoms with Gasteiger partial charge in [-0.15, -0.1) is 0 Å². The molecule has 0 spiro atoms. The molecule has 1 aromatic rings. The summed E-state index contributed by atoms with van der Waals surface area (Å²) in [5.74, 6) is 0.695. The van der Waals surface area contributed by atoms with Crippen molar-refractivity contribution in [2.75, 3.05) is 18.8 Å². The van der Waals surface area contributed by atoms with E-state index in [1.807, 2.05) is 4.57 Å². The number of rotatable bonds is 10. The molecule has 2 atom stereocenters. The van der Waals surface area contributed by atoms with Crippen LogP contribution in [0.1, 0.15) is 66.0 Å². The highest BCUT2D eigenvalue weighted by molar-refractivity contribution is 7.91. The van der Waals surface area contributed by atoms with E-state index < -0.39 is 9.84 Å². The molecule has 0 amide bonds. The number of imidazole rings is 1. The Morgan fingerprint density at radius 3 is 2.48 bits per heavy atom. The van der Waals surface area contributed by atoms with Crippen LogP contribution < -0.4 is 0 Å². The molecule has 0 aromatic carbocycles. The summed E-state index contributed by atoms with van der Waals surface area (Å²) in [6.07, 6.45) is 5.74. The number of hydrogen-bond donors (Lipinski definition) is 0. The van der Waals surface area contributed by atoms with Crippen LogP contribution in [0, 0.1) is 5.92 Å². The van der Waals surface area contributed by atoms with Crippen molar-refractivity contribution in [3.63, 3.8) is 0 Å². The summed E-state index contributed by atoms with van der Waals surface area (Å²) < 4.78 is 33.5. The second kappa shape index (κ2) is 10.0. The summed E-state index contributed by atoms with van der Waals surface area (Å²) >= 11 is 0. The molecule has 1 aromatic heterocycles. The minimum absolute atomic E-state index is 0.180. The SMILES string of the molecule is CCCCn1c(CN2C[C@@H](C)O[C@@H](C)C2)cnc1S(=O)(=O)CCCC(C)C. The van der Waals surface area contributed by atoms with Crippen molar-refractivity contribution in [2.24, 2.45) is 5.92 Å². The highest BCUT2D eigenvalue weighted by Crippen LogP contribution is 2.20. The van der Waals surface area contributed by atoms with Gasteiger partial charge in [0.25, 0.3) is 0 Å². The Morgan fingerprint density at radius 1 is 1.22 bits per heavy atom. The molecule has 0 aliphatic carbocycles. The predicted molar refractivity (Wildman–Crippen MR) is 109 cm³/mol. The molecule has 156 valence electrons. The van der Waals surface area contributed by atoms with Crippen LogP contribution in [0.15, 0.2) is 11.4 Å². The fourth-order valence-corrected chi connectivity index (χ4v) is 5.22. The maximum atomic E-state index is 12.9. The summed E-state index contributed by atoms with van der Waals surface area (Å²) in [5.41, 5.74) is 0.993. The third kappa shape index (κ3) is 6.57. The quantitative estimate of drug-likeness (QED) is 0.602. The van der Waals surface area contributed by atoms with Crippen molar-refractivity contribution in [2.45, 2.75) is 90.8 Å². The number of sulfone groups is 1. The lowest BCUT2D eigenvalue weighted by Gasteiger charge is -2.35. The van der Waals surface area contributed by atoms with Gasteiger partial charge in [-0.05, 0) is 39.0 Å². The van der Waals surface area contributed by atoms with Gasteiger partial charge in [-0.2, -0.15) is 0 Å². The summed E-state index contributed by atoms with van der Waals surface area (Å²) in [7, 11) is -3.35. The van der Waals surface area contributed by atoms with Gasteiger partial charge in [-0.25, -0.2) is 13.4 Å². The minimum Gasteiger partial charge on any atom is -0.373 e. The lowest BCUT2D eigenvalue weighted by atomic mass is 10.1. The summed E-state index contributed by atoms with van der Waals surface area (Å²) in [5, 5.41) is 0.254. The largest absolute Gasteiger partial charge is 0.373 e. The average Bonchev–Trinajstić information content (AvgIpc) is 2.94. The van der Waals surface area contributed by atoms with E-state index in [0.29, 0.717) is 18.9 Å². The third-order valence-electron chi connectivity index (χ3n) is 4.99. The van der Waals surface area contributed by atoms with Crippen LogP contribution in [0.2, 0.25) is 0 Å². The van der Waals surface area contributed by atoms with E-state index in [1.165, 1.54) is 0 Å². The molecule has 2 heterocycles. The Kier molecular flexibility index (Phi) is 8.31. The smallest absolute Gasteiger partial charge is 0.227 e. The molecular formula is C20H37N3O3S. The molecule has 0 radical (unpaired) electrons. The van der Waals surface area contributed by atoms with Gasteiger partial charge >= 0.3 is 0 Å². The van der Waals surface area contributed by atoms with Gasteiger partial charge in [-0.1, -0.05) is 27.2 Å². The fourth-order valence-electron chi connectivity index (χ4n) is 3.74. The summed E-state index contributed by atoms with van der Waals surface area (Å²) in [6.45, 7) is 13.7. The topological polar surface area (TPSA) is 64.4 Å². The van der Waals surface area contributed by atoms with E-state index in [4.69, 9.17) is 4.74 Å². The van der Waals surface area contributed by atoms with Crippen molar-refractivity contribution < 1.29 is 13.2 Å². The average molecular weight is 400 g/mol. The minimum atomic E-state index is -3.35. The monoisotopic (exact) mass is 399 g/mol. The van der Waals surface area contributed by atoms with E-state index in [1.54, 1.807) is 6.20 Å². The molecule has 1 aliphatic heterocycles. The van der Waals surface area contributed by atoms with Gasteiger partial charge in [0.15, 0.2) is 0 Å². The maximum absolute atomic E-state index is 12.9. The van der Waals surface area contributed by atoms with Crippen molar-refractivity contribution in [1.82, 2.24) is 14.5 Å². The van der Waals surface area contributed by atoms with Crippen LogP contribution in [-0.2, 0) is 27.7 Å². The van der Waals surface area contributed by atoms with Crippen molar-refractivity contribution in [3.05, 3.63) is 11.9 Å². The number of aromatic nitrogens is 2. The molecular weight excluding hydrogens is 362 g/mol. The van der Waals surface area contributed by atoms with Gasteiger partial charge in [0.2, 0.25) is 15.0 Å². The van der Waals surface area contributed by atoms with Gasteiger partial charge < -0.3 is 9.30 Å². The first-order valence-corrected chi connectivity index (χ1v) is 12.0. The number of ether oxygens (including phenoxy) is 1. The highest BCUT2D eigenvalue weighted by Gasteiger charge is 2.26. The van der Waals surface area contributed by atoms with Crippen molar-refractivity contribution in [3.8, 4) is 0 Å². The van der Waals surface area contributed by atoms with Crippen molar-refractivity contribution in [1.29, 1.82) is 0 Å². The zero-order valence-electron chi connectivity index (χ0n) is 17.6. The summed E-state index contributed by atoms with van der Waals surface area (Å²) in [4.78, 5) is 6.70. The Bertz CT molecular complexity index is 675. The fraction of sp³-hybridized carbons (Fsp3) is 0.850. The van der Waals surface area contributed by atoms with Gasteiger partial charge in [-0.3, -0.25) is 4.90 Å². The second-order valence-corrected chi connectivity index (χ2v) is 10.3. The molecule has 27 heavy (non-hydrogen) atoms. The Hall–Kier alpha value is -0.920. The molecule has 0 bridgehead atoms. The van der Waals surface area contributed by atoms with Gasteiger partial charge in [0.05, 0.1) is 29.9 Å². The normalized spacial score (nSPS) is 21.9. The predicted octanol–water partition coefficient (Wildman–Crippen LogP) is 3.50. The Morgan fingerprint density at radius 2 is 1.89 bits per heavy atom. The molecule has 0 unspecified atom stereocenters. The van der Waals surface area contributed by atoms with Crippen molar-refractivity contribution >= 4 is 9.84 Å². The molecule has 7 heteroatoms. The Balaban J connectivity index is 2.18. The molecule has 6 nitrogen and oxygen atoms in total. The molecule has 1 aliphatic rings. The standard InChI is InChI=1S/C20H37N3O3S/c1-6-7-10-23-19(15-22-13-17(4)26-18(5)14-22)12-21-20(23)27(24,25)11-8-9-16(2)3/h12,16-18H,6-11,13-15H2,1-5H3/t17-,18+. The number of hydrogen-bond acceptors (Lipinski definition) is 5. The molecule has 2 rings (SSSR count). The number of nitrogens with zero attached hydrogens (tertiary/aromatic N) is 3. The molecule has 1 saturated heterocycles. The maximum Gasteiger partial charge on any atom is 0.227 e. The highest BCUT2D eigenvalue weighted by atomic mass is 32.2. The zero-order valence-corrected chi connectivity index (χ0v) is 18.5. The van der Waals surface area contributed by atoms with Crippen LogP contribution in [0.25, 0.3) is 0 Å². The van der Waals surface area contributed by atoms with Crippen LogP contribution in [0.5, 0.6) is 0 Å².